The van der Waals surface area contributed by atoms with Crippen molar-refractivity contribution in [2.75, 3.05) is 0 Å². The second-order valence-electron chi connectivity index (χ2n) is 2.62. The van der Waals surface area contributed by atoms with Crippen molar-refractivity contribution in [3.05, 3.63) is 41.3 Å². The monoisotopic (exact) mass is 210 g/mol. The number of rotatable bonds is 2. The van der Waals surface area contributed by atoms with Gasteiger partial charge in [-0.25, -0.2) is 8.42 Å². The molecule has 0 saturated heterocycles. The van der Waals surface area contributed by atoms with E-state index in [1.165, 1.54) is 6.08 Å². The Morgan fingerprint density at radius 1 is 1.29 bits per heavy atom. The number of hydrogen-bond donors (Lipinski definition) is 2. The summed E-state index contributed by atoms with van der Waals surface area (Å²) in [6.07, 6.45) is 1.40. The molecule has 74 valence electrons. The summed E-state index contributed by atoms with van der Waals surface area (Å²) in [4.78, 5) is 0. The Balaban J connectivity index is 2.91. The Kier molecular flexibility index (Phi) is 3.03. The van der Waals surface area contributed by atoms with Gasteiger partial charge in [0, 0.05) is 5.41 Å². The first-order chi connectivity index (χ1) is 6.52. The van der Waals surface area contributed by atoms with Crippen LogP contribution >= 0.6 is 0 Å². The maximum absolute atomic E-state index is 11.1. The summed E-state index contributed by atoms with van der Waals surface area (Å²) >= 11 is 0. The van der Waals surface area contributed by atoms with E-state index in [1.54, 1.807) is 24.3 Å². The summed E-state index contributed by atoms with van der Waals surface area (Å²) in [5, 5.41) is 6.88. The number of nitrogens with one attached hydrogen (secondary N) is 1. The van der Waals surface area contributed by atoms with Gasteiger partial charge >= 0.3 is 0 Å². The van der Waals surface area contributed by atoms with E-state index in [2.05, 4.69) is 0 Å². The van der Waals surface area contributed by atoms with Crippen LogP contribution in [0, 0.1) is 5.41 Å². The molecule has 3 N–H and O–H groups in total. The third-order valence-corrected chi connectivity index (χ3v) is 2.65. The van der Waals surface area contributed by atoms with Crippen LogP contribution in [0.4, 0.5) is 0 Å². The molecule has 1 rings (SSSR count). The van der Waals surface area contributed by atoms with Gasteiger partial charge in [0.1, 0.15) is 0 Å². The van der Waals surface area contributed by atoms with Gasteiger partial charge in [-0.1, -0.05) is 30.3 Å². The Bertz CT molecular complexity index is 449. The third-order valence-electron chi connectivity index (χ3n) is 1.55. The van der Waals surface area contributed by atoms with Crippen LogP contribution in [0.25, 0.3) is 6.08 Å². The number of amidine groups is 1. The molecule has 0 atom stereocenters. The molecular weight excluding hydrogens is 200 g/mol. The van der Waals surface area contributed by atoms with Gasteiger partial charge in [-0.15, -0.1) is 0 Å². The van der Waals surface area contributed by atoms with Crippen molar-refractivity contribution in [1.29, 1.82) is 5.41 Å². The zero-order chi connectivity index (χ0) is 10.6. The predicted molar refractivity (Wildman–Crippen MR) is 56.3 cm³/mol. The van der Waals surface area contributed by atoms with Crippen molar-refractivity contribution in [2.24, 2.45) is 5.73 Å². The third kappa shape index (κ3) is 2.70. The van der Waals surface area contributed by atoms with E-state index < -0.39 is 15.0 Å². The van der Waals surface area contributed by atoms with E-state index in [1.807, 2.05) is 6.07 Å². The molecule has 1 aromatic rings. The molecule has 5 heteroatoms. The van der Waals surface area contributed by atoms with E-state index >= 15 is 0 Å². The van der Waals surface area contributed by atoms with Gasteiger partial charge in [0.25, 0.3) is 0 Å². The first kappa shape index (κ1) is 10.5. The fraction of sp³-hybridized carbons (Fsp3) is 0. The fourth-order valence-corrected chi connectivity index (χ4v) is 1.29. The van der Waals surface area contributed by atoms with Gasteiger partial charge in [0.2, 0.25) is 15.0 Å². The average molecular weight is 210 g/mol. The summed E-state index contributed by atoms with van der Waals surface area (Å²) in [5.74, 6) is 0. The minimum atomic E-state index is -3.72. The number of nitrogens with two attached hydrogens (primary N) is 1. The van der Waals surface area contributed by atoms with Gasteiger partial charge in [0.15, 0.2) is 0 Å². The van der Waals surface area contributed by atoms with Crippen LogP contribution in [0.5, 0.6) is 0 Å². The Labute approximate surface area is 82.5 Å². The molecule has 0 bridgehead atoms. The van der Waals surface area contributed by atoms with Gasteiger partial charge < -0.3 is 5.73 Å². The lowest BCUT2D eigenvalue weighted by Gasteiger charge is -1.93. The summed E-state index contributed by atoms with van der Waals surface area (Å²) in [7, 11) is -3.72. The van der Waals surface area contributed by atoms with E-state index in [-0.39, 0.29) is 0 Å². The van der Waals surface area contributed by atoms with Crippen LogP contribution in [0.2, 0.25) is 0 Å². The molecule has 1 aromatic carbocycles. The van der Waals surface area contributed by atoms with Gasteiger partial charge in [-0.2, -0.15) is 0 Å². The lowest BCUT2D eigenvalue weighted by Crippen LogP contribution is -2.20. The molecule has 0 aliphatic carbocycles. The molecule has 0 aliphatic rings. The van der Waals surface area contributed by atoms with Crippen LogP contribution in [0.15, 0.2) is 35.7 Å². The minimum Gasteiger partial charge on any atom is -0.374 e. The molecule has 14 heavy (non-hydrogen) atoms. The molecule has 4 nitrogen and oxygen atoms in total. The van der Waals surface area contributed by atoms with Gasteiger partial charge in [-0.3, -0.25) is 5.41 Å². The maximum Gasteiger partial charge on any atom is 0.232 e. The fourth-order valence-electron chi connectivity index (χ4n) is 0.806. The quantitative estimate of drug-likeness (QED) is 0.563. The zero-order valence-electron chi connectivity index (χ0n) is 7.34. The first-order valence-corrected chi connectivity index (χ1v) is 5.39. The van der Waals surface area contributed by atoms with Gasteiger partial charge in [-0.05, 0) is 11.6 Å². The largest absolute Gasteiger partial charge is 0.374 e. The Morgan fingerprint density at radius 3 is 2.36 bits per heavy atom. The highest BCUT2D eigenvalue weighted by Crippen LogP contribution is 2.03. The van der Waals surface area contributed by atoms with Crippen LogP contribution in [0.3, 0.4) is 0 Å². The first-order valence-electron chi connectivity index (χ1n) is 3.84. The van der Waals surface area contributed by atoms with Crippen molar-refractivity contribution < 1.29 is 8.42 Å². The summed E-state index contributed by atoms with van der Waals surface area (Å²) < 4.78 is 22.1. The highest BCUT2D eigenvalue weighted by atomic mass is 32.2. The van der Waals surface area contributed by atoms with E-state index in [0.717, 1.165) is 11.0 Å². The van der Waals surface area contributed by atoms with Crippen LogP contribution in [0.1, 0.15) is 5.56 Å². The SMILES string of the molecule is N=C(N)S(=O)(=O)/C=C/c1ccccc1. The van der Waals surface area contributed by atoms with Crippen LogP contribution < -0.4 is 5.73 Å². The van der Waals surface area contributed by atoms with Crippen molar-refractivity contribution >= 4 is 21.1 Å². The number of benzene rings is 1. The molecule has 0 aromatic heterocycles. The second-order valence-corrected chi connectivity index (χ2v) is 4.42. The molecule has 0 saturated carbocycles. The Hall–Kier alpha value is -1.62. The van der Waals surface area contributed by atoms with E-state index in [4.69, 9.17) is 11.1 Å². The van der Waals surface area contributed by atoms with Crippen molar-refractivity contribution in [3.63, 3.8) is 0 Å². The normalized spacial score (nSPS) is 11.7. The van der Waals surface area contributed by atoms with Crippen molar-refractivity contribution in [3.8, 4) is 0 Å². The summed E-state index contributed by atoms with van der Waals surface area (Å²) in [6.45, 7) is 0. The number of hydrogen-bond acceptors (Lipinski definition) is 3. The molecule has 0 fully saturated rings. The summed E-state index contributed by atoms with van der Waals surface area (Å²) in [5.41, 5.74) is 5.63. The molecule has 0 radical (unpaired) electrons. The van der Waals surface area contributed by atoms with E-state index in [0.29, 0.717) is 0 Å². The standard InChI is InChI=1S/C9H10N2O2S/c10-9(11)14(12,13)7-6-8-4-2-1-3-5-8/h1-7H,(H3,10,11)/b7-6+. The average Bonchev–Trinajstić information content (AvgIpc) is 2.16. The molecule has 0 heterocycles. The Morgan fingerprint density at radius 2 is 1.86 bits per heavy atom. The highest BCUT2D eigenvalue weighted by molar-refractivity contribution is 8.08. The zero-order valence-corrected chi connectivity index (χ0v) is 8.16. The second kappa shape index (κ2) is 4.06. The predicted octanol–water partition coefficient (Wildman–Crippen LogP) is 0.966. The molecule has 0 amide bonds. The number of sulfone groups is 1. The lowest BCUT2D eigenvalue weighted by molar-refractivity contribution is 0.614. The summed E-state index contributed by atoms with van der Waals surface area (Å²) in [6, 6.07) is 8.93. The molecule has 0 unspecified atom stereocenters. The van der Waals surface area contributed by atoms with Crippen LogP contribution in [-0.2, 0) is 9.84 Å². The molecule has 0 aliphatic heterocycles. The van der Waals surface area contributed by atoms with Gasteiger partial charge in [0.05, 0.1) is 0 Å². The molecule has 0 spiro atoms. The topological polar surface area (TPSA) is 84.0 Å². The highest BCUT2D eigenvalue weighted by Gasteiger charge is 2.08. The van der Waals surface area contributed by atoms with Crippen LogP contribution in [-0.4, -0.2) is 13.6 Å². The lowest BCUT2D eigenvalue weighted by atomic mass is 10.2. The van der Waals surface area contributed by atoms with Crippen molar-refractivity contribution in [1.82, 2.24) is 0 Å². The smallest absolute Gasteiger partial charge is 0.232 e. The maximum atomic E-state index is 11.1. The van der Waals surface area contributed by atoms with E-state index in [9.17, 15) is 8.42 Å². The van der Waals surface area contributed by atoms with Crippen molar-refractivity contribution in [2.45, 2.75) is 0 Å². The molecular formula is C9H10N2O2S. The minimum absolute atomic E-state index is 0.748.